The van der Waals surface area contributed by atoms with E-state index in [4.69, 9.17) is 27.4 Å². The molecule has 0 aliphatic carbocycles. The van der Waals surface area contributed by atoms with Gasteiger partial charge in [0.1, 0.15) is 23.2 Å². The van der Waals surface area contributed by atoms with E-state index in [1.807, 2.05) is 0 Å². The number of nitrogens with zero attached hydrogens (tertiary/aromatic N) is 1. The number of halogens is 1. The average molecular weight is 292 g/mol. The van der Waals surface area contributed by atoms with Crippen LogP contribution in [0.5, 0.6) is 11.6 Å². The minimum atomic E-state index is -0.506. The van der Waals surface area contributed by atoms with E-state index in [2.05, 4.69) is 4.98 Å². The third-order valence-corrected chi connectivity index (χ3v) is 2.79. The molecule has 1 heterocycles. The van der Waals surface area contributed by atoms with Crippen LogP contribution in [0.3, 0.4) is 0 Å². The molecule has 0 spiro atoms. The molecule has 104 valence electrons. The van der Waals surface area contributed by atoms with Gasteiger partial charge in [-0.15, -0.1) is 0 Å². The number of ether oxygens (including phenoxy) is 2. The summed E-state index contributed by atoms with van der Waals surface area (Å²) < 4.78 is 24.2. The van der Waals surface area contributed by atoms with Crippen LogP contribution in [0.25, 0.3) is 0 Å². The number of thiocarbonyl (C=S) groups is 1. The molecule has 4 nitrogen and oxygen atoms in total. The molecule has 1 aromatic heterocycles. The molecule has 0 atom stereocenters. The summed E-state index contributed by atoms with van der Waals surface area (Å²) in [4.78, 5) is 4.15. The number of nitrogens with two attached hydrogens (primary N) is 1. The van der Waals surface area contributed by atoms with Crippen molar-refractivity contribution in [2.24, 2.45) is 5.73 Å². The van der Waals surface area contributed by atoms with Crippen LogP contribution in [-0.4, -0.2) is 17.1 Å². The largest absolute Gasteiger partial charge is 0.486 e. The van der Waals surface area contributed by atoms with Gasteiger partial charge in [0, 0.05) is 6.07 Å². The zero-order chi connectivity index (χ0) is 14.5. The molecule has 0 aliphatic rings. The van der Waals surface area contributed by atoms with Crippen LogP contribution >= 0.6 is 12.2 Å². The number of hydrogen-bond donors (Lipinski definition) is 1. The molecule has 0 fully saturated rings. The van der Waals surface area contributed by atoms with Gasteiger partial charge >= 0.3 is 0 Å². The second-order valence-corrected chi connectivity index (χ2v) is 4.38. The van der Waals surface area contributed by atoms with Gasteiger partial charge in [0.2, 0.25) is 5.88 Å². The number of hydrogen-bond acceptors (Lipinski definition) is 4. The molecular weight excluding hydrogens is 279 g/mol. The van der Waals surface area contributed by atoms with E-state index in [1.54, 1.807) is 24.3 Å². The van der Waals surface area contributed by atoms with Crippen molar-refractivity contribution in [3.63, 3.8) is 0 Å². The predicted molar refractivity (Wildman–Crippen MR) is 77.4 cm³/mol. The van der Waals surface area contributed by atoms with Crippen LogP contribution in [0, 0.1) is 5.82 Å². The Hall–Kier alpha value is -2.21. The topological polar surface area (TPSA) is 57.4 Å². The smallest absolute Gasteiger partial charge is 0.213 e. The molecule has 0 bridgehead atoms. The maximum atomic E-state index is 13.7. The van der Waals surface area contributed by atoms with E-state index in [9.17, 15) is 4.39 Å². The first kappa shape index (κ1) is 14.2. The van der Waals surface area contributed by atoms with Gasteiger partial charge < -0.3 is 15.2 Å². The Labute approximate surface area is 121 Å². The fourth-order valence-corrected chi connectivity index (χ4v) is 1.87. The van der Waals surface area contributed by atoms with E-state index in [-0.39, 0.29) is 17.2 Å². The van der Waals surface area contributed by atoms with Gasteiger partial charge in [-0.1, -0.05) is 24.4 Å². The fraction of sp³-hybridized carbons (Fsp3) is 0.143. The summed E-state index contributed by atoms with van der Waals surface area (Å²) in [6, 6.07) is 9.73. The fourth-order valence-electron chi connectivity index (χ4n) is 1.67. The monoisotopic (exact) mass is 292 g/mol. The highest BCUT2D eigenvalue weighted by atomic mass is 32.1. The van der Waals surface area contributed by atoms with Crippen molar-refractivity contribution in [3.8, 4) is 11.6 Å². The maximum Gasteiger partial charge on any atom is 0.213 e. The van der Waals surface area contributed by atoms with Gasteiger partial charge in [0.05, 0.1) is 18.4 Å². The van der Waals surface area contributed by atoms with Crippen LogP contribution < -0.4 is 15.2 Å². The molecule has 0 amide bonds. The van der Waals surface area contributed by atoms with Crippen LogP contribution in [-0.2, 0) is 6.61 Å². The summed E-state index contributed by atoms with van der Waals surface area (Å²) in [6.07, 6.45) is 0. The highest BCUT2D eigenvalue weighted by Crippen LogP contribution is 2.22. The minimum Gasteiger partial charge on any atom is -0.486 e. The molecule has 0 unspecified atom stereocenters. The molecule has 2 rings (SSSR count). The predicted octanol–water partition coefficient (Wildman–Crippen LogP) is 2.44. The Morgan fingerprint density at radius 2 is 2.05 bits per heavy atom. The lowest BCUT2D eigenvalue weighted by molar-refractivity contribution is 0.296. The second-order valence-electron chi connectivity index (χ2n) is 3.94. The Bertz CT molecular complexity index is 634. The molecule has 0 radical (unpaired) electrons. The van der Waals surface area contributed by atoms with E-state index >= 15 is 0 Å². The van der Waals surface area contributed by atoms with E-state index < -0.39 is 5.82 Å². The first-order valence-corrected chi connectivity index (χ1v) is 6.23. The van der Waals surface area contributed by atoms with Crippen LogP contribution in [0.15, 0.2) is 36.4 Å². The summed E-state index contributed by atoms with van der Waals surface area (Å²) in [5, 5.41) is 0. The molecule has 2 N–H and O–H groups in total. The van der Waals surface area contributed by atoms with Gasteiger partial charge in [0.25, 0.3) is 0 Å². The molecule has 2 aromatic rings. The second kappa shape index (κ2) is 6.29. The molecule has 6 heteroatoms. The van der Waals surface area contributed by atoms with Crippen molar-refractivity contribution in [2.45, 2.75) is 6.61 Å². The average Bonchev–Trinajstić information content (AvgIpc) is 2.45. The SMILES string of the molecule is COc1cccc(COc2cccc(F)c2C(N)=S)n1. The van der Waals surface area contributed by atoms with Crippen molar-refractivity contribution in [2.75, 3.05) is 7.11 Å². The maximum absolute atomic E-state index is 13.7. The van der Waals surface area contributed by atoms with Crippen molar-refractivity contribution in [1.29, 1.82) is 0 Å². The van der Waals surface area contributed by atoms with Gasteiger partial charge in [-0.05, 0) is 18.2 Å². The van der Waals surface area contributed by atoms with E-state index in [0.717, 1.165) is 0 Å². The van der Waals surface area contributed by atoms with Crippen molar-refractivity contribution >= 4 is 17.2 Å². The van der Waals surface area contributed by atoms with Crippen molar-refractivity contribution in [3.05, 3.63) is 53.5 Å². The summed E-state index contributed by atoms with van der Waals surface area (Å²) in [5.74, 6) is 0.274. The van der Waals surface area contributed by atoms with Gasteiger partial charge in [-0.3, -0.25) is 0 Å². The first-order valence-electron chi connectivity index (χ1n) is 5.83. The van der Waals surface area contributed by atoms with Gasteiger partial charge in [-0.25, -0.2) is 9.37 Å². The summed E-state index contributed by atoms with van der Waals surface area (Å²) in [7, 11) is 1.53. The zero-order valence-electron chi connectivity index (χ0n) is 10.8. The highest BCUT2D eigenvalue weighted by molar-refractivity contribution is 7.80. The lowest BCUT2D eigenvalue weighted by Crippen LogP contribution is -2.14. The lowest BCUT2D eigenvalue weighted by Gasteiger charge is -2.11. The van der Waals surface area contributed by atoms with Crippen molar-refractivity contribution < 1.29 is 13.9 Å². The Kier molecular flexibility index (Phi) is 4.47. The zero-order valence-corrected chi connectivity index (χ0v) is 11.6. The van der Waals surface area contributed by atoms with Crippen molar-refractivity contribution in [1.82, 2.24) is 4.98 Å². The number of pyridine rings is 1. The molecule has 20 heavy (non-hydrogen) atoms. The number of aromatic nitrogens is 1. The number of rotatable bonds is 5. The number of benzene rings is 1. The number of methoxy groups -OCH3 is 1. The Morgan fingerprint density at radius 1 is 1.30 bits per heavy atom. The first-order chi connectivity index (χ1) is 9.61. The third-order valence-electron chi connectivity index (χ3n) is 2.59. The molecule has 0 saturated heterocycles. The van der Waals surface area contributed by atoms with Crippen LogP contribution in [0.2, 0.25) is 0 Å². The standard InChI is InChI=1S/C14H13FN2O2S/c1-18-12-7-2-4-9(17-12)8-19-11-6-3-5-10(15)13(11)14(16)20/h2-7H,8H2,1H3,(H2,16,20). The quantitative estimate of drug-likeness (QED) is 0.858. The Balaban J connectivity index is 2.18. The highest BCUT2D eigenvalue weighted by Gasteiger charge is 2.12. The lowest BCUT2D eigenvalue weighted by atomic mass is 10.2. The van der Waals surface area contributed by atoms with Crippen LogP contribution in [0.1, 0.15) is 11.3 Å². The van der Waals surface area contributed by atoms with Gasteiger partial charge in [0.15, 0.2) is 0 Å². The van der Waals surface area contributed by atoms with Gasteiger partial charge in [-0.2, -0.15) is 0 Å². The normalized spacial score (nSPS) is 10.1. The molecule has 1 aromatic carbocycles. The molecule has 0 aliphatic heterocycles. The molecular formula is C14H13FN2O2S. The minimum absolute atomic E-state index is 0.0447. The third kappa shape index (κ3) is 3.21. The van der Waals surface area contributed by atoms with Crippen LogP contribution in [0.4, 0.5) is 4.39 Å². The summed E-state index contributed by atoms with van der Waals surface area (Å²) in [5.41, 5.74) is 6.26. The van der Waals surface area contributed by atoms with E-state index in [1.165, 1.54) is 19.2 Å². The summed E-state index contributed by atoms with van der Waals surface area (Å²) >= 11 is 4.83. The molecule has 0 saturated carbocycles. The van der Waals surface area contributed by atoms with E-state index in [0.29, 0.717) is 17.3 Å². The Morgan fingerprint density at radius 3 is 2.75 bits per heavy atom. The summed E-state index contributed by atoms with van der Waals surface area (Å²) in [6.45, 7) is 0.163.